The second-order valence-corrected chi connectivity index (χ2v) is 12.7. The SMILES string of the molecule is Nc1ccc(C2CCC3C(C2)C(=O)C2CC4C(CC23)C(=O)C2CC(c3ccc(N)cc3)CCC24)cc1. The predicted octanol–water partition coefficient (Wildman–Crippen LogP) is 5.98. The lowest BCUT2D eigenvalue weighted by Gasteiger charge is -2.40. The van der Waals surface area contributed by atoms with Crippen molar-refractivity contribution in [2.24, 2.45) is 47.3 Å². The average molecular weight is 483 g/mol. The van der Waals surface area contributed by atoms with Gasteiger partial charge in [-0.2, -0.15) is 0 Å². The molecule has 5 aliphatic rings. The van der Waals surface area contributed by atoms with Crippen LogP contribution in [0.15, 0.2) is 48.5 Å². The van der Waals surface area contributed by atoms with Crippen LogP contribution >= 0.6 is 0 Å². The van der Waals surface area contributed by atoms with E-state index in [0.717, 1.165) is 62.7 Å². The van der Waals surface area contributed by atoms with Gasteiger partial charge in [-0.25, -0.2) is 0 Å². The summed E-state index contributed by atoms with van der Waals surface area (Å²) in [5.41, 5.74) is 16.1. The summed E-state index contributed by atoms with van der Waals surface area (Å²) in [5, 5.41) is 0. The molecule has 0 amide bonds. The molecule has 0 radical (unpaired) electrons. The van der Waals surface area contributed by atoms with E-state index < -0.39 is 0 Å². The maximum Gasteiger partial charge on any atom is 0.139 e. The quantitative estimate of drug-likeness (QED) is 0.516. The van der Waals surface area contributed by atoms with Gasteiger partial charge in [-0.05, 0) is 122 Å². The Labute approximate surface area is 214 Å². The molecule has 4 nitrogen and oxygen atoms in total. The van der Waals surface area contributed by atoms with Crippen molar-refractivity contribution < 1.29 is 9.59 Å². The first-order valence-electron chi connectivity index (χ1n) is 14.3. The molecule has 2 aromatic carbocycles. The zero-order valence-electron chi connectivity index (χ0n) is 21.0. The first-order chi connectivity index (χ1) is 17.5. The number of hydrogen-bond acceptors (Lipinski definition) is 4. The standard InChI is InChI=1S/C32H38N2O2/c33-21-7-1-17(2-8-21)19-5-11-23-25-15-30-26(16-29(25)31(35)27(23)13-19)24-12-6-20(14-28(24)32(30)36)18-3-9-22(34)10-4-18/h1-4,7-10,19-20,23-30H,5-6,11-16,33-34H2. The minimum Gasteiger partial charge on any atom is -0.399 e. The lowest BCUT2D eigenvalue weighted by Crippen LogP contribution is -2.35. The fourth-order valence-corrected chi connectivity index (χ4v) is 9.62. The molecule has 10 unspecified atom stereocenters. The Morgan fingerprint density at radius 1 is 0.472 bits per heavy atom. The minimum atomic E-state index is 0.197. The lowest BCUT2D eigenvalue weighted by molar-refractivity contribution is -0.129. The van der Waals surface area contributed by atoms with E-state index in [1.807, 2.05) is 24.3 Å². The van der Waals surface area contributed by atoms with Crippen LogP contribution < -0.4 is 11.5 Å². The molecule has 0 heterocycles. The van der Waals surface area contributed by atoms with Gasteiger partial charge in [0.1, 0.15) is 11.6 Å². The lowest BCUT2D eigenvalue weighted by atomic mass is 9.63. The first-order valence-corrected chi connectivity index (χ1v) is 14.3. The zero-order chi connectivity index (χ0) is 24.6. The molecule has 4 N–H and O–H groups in total. The highest BCUT2D eigenvalue weighted by atomic mass is 16.1. The Morgan fingerprint density at radius 3 is 1.22 bits per heavy atom. The molecule has 5 fully saturated rings. The van der Waals surface area contributed by atoms with Gasteiger partial charge >= 0.3 is 0 Å². The van der Waals surface area contributed by atoms with Crippen molar-refractivity contribution in [2.45, 2.75) is 63.2 Å². The molecular formula is C32H38N2O2. The summed E-state index contributed by atoms with van der Waals surface area (Å²) in [7, 11) is 0. The van der Waals surface area contributed by atoms with Crippen molar-refractivity contribution in [3.8, 4) is 0 Å². The Kier molecular flexibility index (Phi) is 5.31. The van der Waals surface area contributed by atoms with Gasteiger partial charge in [0.15, 0.2) is 0 Å². The smallest absolute Gasteiger partial charge is 0.139 e. The highest BCUT2D eigenvalue weighted by Crippen LogP contribution is 2.62. The number of fused-ring (bicyclic) bond motifs is 6. The third kappa shape index (κ3) is 3.47. The largest absolute Gasteiger partial charge is 0.399 e. The van der Waals surface area contributed by atoms with E-state index in [1.165, 1.54) is 11.1 Å². The molecule has 4 heteroatoms. The van der Waals surface area contributed by atoms with E-state index in [1.54, 1.807) is 0 Å². The molecule has 5 aliphatic carbocycles. The summed E-state index contributed by atoms with van der Waals surface area (Å²) in [4.78, 5) is 27.6. The Hall–Kier alpha value is -2.62. The first kappa shape index (κ1) is 22.6. The number of benzene rings is 2. The van der Waals surface area contributed by atoms with Gasteiger partial charge in [0, 0.05) is 35.0 Å². The van der Waals surface area contributed by atoms with Crippen LogP contribution in [0.5, 0.6) is 0 Å². The topological polar surface area (TPSA) is 86.2 Å². The van der Waals surface area contributed by atoms with Crippen LogP contribution in [0.4, 0.5) is 11.4 Å². The van der Waals surface area contributed by atoms with E-state index in [0.29, 0.717) is 47.1 Å². The summed E-state index contributed by atoms with van der Waals surface area (Å²) in [6.45, 7) is 0. The molecule has 7 rings (SSSR count). The van der Waals surface area contributed by atoms with Crippen LogP contribution in [0, 0.1) is 47.3 Å². The normalized spacial score (nSPS) is 41.3. The van der Waals surface area contributed by atoms with Gasteiger partial charge in [-0.15, -0.1) is 0 Å². The van der Waals surface area contributed by atoms with Gasteiger partial charge < -0.3 is 11.5 Å². The molecule has 36 heavy (non-hydrogen) atoms. The molecule has 10 atom stereocenters. The van der Waals surface area contributed by atoms with Crippen molar-refractivity contribution in [1.29, 1.82) is 0 Å². The van der Waals surface area contributed by atoms with Crippen LogP contribution in [0.1, 0.15) is 74.3 Å². The maximum atomic E-state index is 13.8. The maximum absolute atomic E-state index is 13.8. The summed E-state index contributed by atoms with van der Waals surface area (Å²) in [5.74, 6) is 4.66. The third-order valence-electron chi connectivity index (χ3n) is 11.3. The van der Waals surface area contributed by atoms with Crippen LogP contribution in [0.25, 0.3) is 0 Å². The molecular weight excluding hydrogens is 444 g/mol. The van der Waals surface area contributed by atoms with Gasteiger partial charge in [0.25, 0.3) is 0 Å². The number of ketones is 2. The third-order valence-corrected chi connectivity index (χ3v) is 11.3. The highest BCUT2D eigenvalue weighted by molar-refractivity contribution is 5.90. The Morgan fingerprint density at radius 2 is 0.833 bits per heavy atom. The molecule has 2 aromatic rings. The van der Waals surface area contributed by atoms with Gasteiger partial charge in [-0.1, -0.05) is 24.3 Å². The number of nitrogen functional groups attached to an aromatic ring is 2. The summed E-state index contributed by atoms with van der Waals surface area (Å²) in [6.07, 6.45) is 8.49. The number of carbonyl (C=O) groups excluding carboxylic acids is 2. The Balaban J connectivity index is 1.07. The Bertz CT molecular complexity index is 1080. The fourth-order valence-electron chi connectivity index (χ4n) is 9.62. The number of carbonyl (C=O) groups is 2. The predicted molar refractivity (Wildman–Crippen MR) is 142 cm³/mol. The van der Waals surface area contributed by atoms with Crippen molar-refractivity contribution >= 4 is 22.9 Å². The average Bonchev–Trinajstić information content (AvgIpc) is 3.34. The summed E-state index contributed by atoms with van der Waals surface area (Å²) in [6, 6.07) is 16.6. The highest BCUT2D eigenvalue weighted by Gasteiger charge is 2.61. The van der Waals surface area contributed by atoms with Crippen molar-refractivity contribution in [1.82, 2.24) is 0 Å². The number of anilines is 2. The number of rotatable bonds is 2. The molecule has 0 spiro atoms. The molecule has 5 saturated carbocycles. The number of nitrogens with two attached hydrogens (primary N) is 2. The van der Waals surface area contributed by atoms with E-state index in [-0.39, 0.29) is 23.7 Å². The molecule has 0 aromatic heterocycles. The molecule has 0 bridgehead atoms. The van der Waals surface area contributed by atoms with E-state index >= 15 is 0 Å². The summed E-state index contributed by atoms with van der Waals surface area (Å²) >= 11 is 0. The monoisotopic (exact) mass is 482 g/mol. The van der Waals surface area contributed by atoms with E-state index in [2.05, 4.69) is 24.3 Å². The molecule has 188 valence electrons. The van der Waals surface area contributed by atoms with Crippen LogP contribution in [-0.2, 0) is 9.59 Å². The second-order valence-electron chi connectivity index (χ2n) is 12.7. The van der Waals surface area contributed by atoms with Crippen molar-refractivity contribution in [2.75, 3.05) is 11.5 Å². The number of Topliss-reactive ketones (excluding diaryl/α,β-unsaturated/α-hetero) is 2. The second kappa shape index (κ2) is 8.46. The van der Waals surface area contributed by atoms with E-state index in [4.69, 9.17) is 11.5 Å². The van der Waals surface area contributed by atoms with Gasteiger partial charge in [0.2, 0.25) is 0 Å². The zero-order valence-corrected chi connectivity index (χ0v) is 21.0. The molecule has 0 aliphatic heterocycles. The molecule has 0 saturated heterocycles. The minimum absolute atomic E-state index is 0.197. The number of hydrogen-bond donors (Lipinski definition) is 2. The fraction of sp³-hybridized carbons (Fsp3) is 0.562. The van der Waals surface area contributed by atoms with Crippen molar-refractivity contribution in [3.05, 3.63) is 59.7 Å². The van der Waals surface area contributed by atoms with Crippen LogP contribution in [0.3, 0.4) is 0 Å². The summed E-state index contributed by atoms with van der Waals surface area (Å²) < 4.78 is 0. The van der Waals surface area contributed by atoms with Gasteiger partial charge in [-0.3, -0.25) is 9.59 Å². The van der Waals surface area contributed by atoms with Gasteiger partial charge in [0.05, 0.1) is 0 Å². The van der Waals surface area contributed by atoms with Crippen LogP contribution in [0.2, 0.25) is 0 Å². The van der Waals surface area contributed by atoms with Crippen LogP contribution in [-0.4, -0.2) is 11.6 Å². The van der Waals surface area contributed by atoms with Crippen molar-refractivity contribution in [3.63, 3.8) is 0 Å². The van der Waals surface area contributed by atoms with E-state index in [9.17, 15) is 9.59 Å².